The molecule has 0 bridgehead atoms. The molecule has 0 fully saturated rings. The number of hydrogen-bond donors (Lipinski definition) is 2. The van der Waals surface area contributed by atoms with Crippen molar-refractivity contribution in [2.24, 2.45) is 5.73 Å². The smallest absolute Gasteiger partial charge is 0.262 e. The van der Waals surface area contributed by atoms with Crippen LogP contribution in [0.2, 0.25) is 0 Å². The zero-order chi connectivity index (χ0) is 11.0. The van der Waals surface area contributed by atoms with Crippen LogP contribution in [-0.4, -0.2) is 5.11 Å². The lowest BCUT2D eigenvalue weighted by Gasteiger charge is -1.98. The summed E-state index contributed by atoms with van der Waals surface area (Å²) in [5.74, 6) is 0.558. The van der Waals surface area contributed by atoms with Crippen LogP contribution in [0.3, 0.4) is 0 Å². The Bertz CT molecular complexity index is 309. The first-order chi connectivity index (χ1) is 6.61. The molecule has 0 aliphatic carbocycles. The van der Waals surface area contributed by atoms with Crippen molar-refractivity contribution in [3.8, 4) is 0 Å². The van der Waals surface area contributed by atoms with Crippen molar-refractivity contribution in [2.75, 3.05) is 0 Å². The van der Waals surface area contributed by atoms with Crippen LogP contribution in [0.5, 0.6) is 0 Å². The van der Waals surface area contributed by atoms with E-state index in [1.165, 1.54) is 0 Å². The van der Waals surface area contributed by atoms with Crippen molar-refractivity contribution >= 4 is 35.0 Å². The minimum absolute atomic E-state index is 0.250. The van der Waals surface area contributed by atoms with Crippen LogP contribution in [0.15, 0.2) is 30.8 Å². The summed E-state index contributed by atoms with van der Waals surface area (Å²) in [6, 6.07) is 7.96. The summed E-state index contributed by atoms with van der Waals surface area (Å²) in [6.07, 6.45) is 1.82. The van der Waals surface area contributed by atoms with Gasteiger partial charge in [-0.2, -0.15) is 0 Å². The van der Waals surface area contributed by atoms with Crippen molar-refractivity contribution in [1.29, 1.82) is 0 Å². The number of quaternary nitrogens is 1. The van der Waals surface area contributed by atoms with Gasteiger partial charge in [0, 0.05) is 18.1 Å². The molecule has 76 valence electrons. The van der Waals surface area contributed by atoms with Crippen molar-refractivity contribution in [2.45, 2.75) is 5.88 Å². The monoisotopic (exact) mass is 229 g/mol. The van der Waals surface area contributed by atoms with Crippen LogP contribution in [0.1, 0.15) is 11.1 Å². The van der Waals surface area contributed by atoms with Gasteiger partial charge in [0.2, 0.25) is 0 Å². The van der Waals surface area contributed by atoms with Gasteiger partial charge in [-0.05, 0) is 11.1 Å². The quantitative estimate of drug-likeness (QED) is 0.597. The van der Waals surface area contributed by atoms with E-state index in [9.17, 15) is 0 Å². The molecule has 0 heterocycles. The number of nitrogens with two attached hydrogens (primary N) is 1. The number of hydrogen-bond acceptors (Lipinski definition) is 1. The molecule has 0 atom stereocenters. The highest BCUT2D eigenvalue weighted by molar-refractivity contribution is 7.79. The highest BCUT2D eigenvalue weighted by Crippen LogP contribution is 2.11. The minimum Gasteiger partial charge on any atom is -0.345 e. The molecular formula is C10H14ClN2S+. The molecule has 0 aliphatic heterocycles. The van der Waals surface area contributed by atoms with Gasteiger partial charge in [-0.1, -0.05) is 36.9 Å². The minimum atomic E-state index is 0.250. The van der Waals surface area contributed by atoms with Gasteiger partial charge >= 0.3 is 0 Å². The summed E-state index contributed by atoms with van der Waals surface area (Å²) >= 11 is 9.87. The molecule has 1 rings (SSSR count). The Morgan fingerprint density at radius 1 is 1.57 bits per heavy atom. The van der Waals surface area contributed by atoms with Gasteiger partial charge in [0.05, 0.1) is 0 Å². The molecule has 1 aromatic rings. The summed E-state index contributed by atoms with van der Waals surface area (Å²) in [5, 5.41) is 0.250. The molecule has 0 unspecified atom stereocenters. The zero-order valence-corrected chi connectivity index (χ0v) is 9.44. The summed E-state index contributed by atoms with van der Waals surface area (Å²) in [4.78, 5) is 0. The van der Waals surface area contributed by atoms with Crippen LogP contribution in [0.4, 0.5) is 0 Å². The molecule has 0 radical (unpaired) electrons. The van der Waals surface area contributed by atoms with E-state index in [-0.39, 0.29) is 5.11 Å². The van der Waals surface area contributed by atoms with E-state index in [0.717, 1.165) is 11.1 Å². The van der Waals surface area contributed by atoms with Crippen LogP contribution in [0.25, 0.3) is 6.08 Å². The van der Waals surface area contributed by atoms with Crippen molar-refractivity contribution < 1.29 is 5.73 Å². The summed E-state index contributed by atoms with van der Waals surface area (Å²) in [6.45, 7) is 3.68. The third kappa shape index (κ3) is 5.70. The maximum atomic E-state index is 5.66. The maximum Gasteiger partial charge on any atom is 0.262 e. The van der Waals surface area contributed by atoms with Gasteiger partial charge in [-0.15, -0.1) is 11.6 Å². The molecule has 0 saturated heterocycles. The van der Waals surface area contributed by atoms with Gasteiger partial charge in [-0.3, -0.25) is 0 Å². The highest BCUT2D eigenvalue weighted by atomic mass is 35.5. The molecule has 2 nitrogen and oxygen atoms in total. The number of halogens is 1. The lowest BCUT2D eigenvalue weighted by molar-refractivity contribution is -0.210. The third-order valence-corrected chi connectivity index (χ3v) is 1.71. The van der Waals surface area contributed by atoms with E-state index in [2.05, 4.69) is 24.5 Å². The Morgan fingerprint density at radius 3 is 2.43 bits per heavy atom. The number of thiocarbonyl (C=S) groups is 1. The number of rotatable bonds is 2. The summed E-state index contributed by atoms with van der Waals surface area (Å²) in [5.41, 5.74) is 10.1. The first-order valence-corrected chi connectivity index (χ1v) is 4.93. The van der Waals surface area contributed by atoms with E-state index in [0.29, 0.717) is 5.88 Å². The average Bonchev–Trinajstić information content (AvgIpc) is 2.17. The fourth-order valence-corrected chi connectivity index (χ4v) is 1.10. The van der Waals surface area contributed by atoms with Gasteiger partial charge in [-0.25, -0.2) is 0 Å². The normalized spacial score (nSPS) is 8.43. The molecule has 5 N–H and O–H groups in total. The topological polar surface area (TPSA) is 53.7 Å². The van der Waals surface area contributed by atoms with Crippen LogP contribution in [-0.2, 0) is 5.88 Å². The molecule has 0 aromatic heterocycles. The first-order valence-electron chi connectivity index (χ1n) is 3.99. The lowest BCUT2D eigenvalue weighted by atomic mass is 10.1. The molecule has 0 amide bonds. The van der Waals surface area contributed by atoms with Crippen molar-refractivity contribution in [3.05, 3.63) is 42.0 Å². The van der Waals surface area contributed by atoms with Crippen LogP contribution >= 0.6 is 23.8 Å². The second-order valence-electron chi connectivity index (χ2n) is 2.50. The summed E-state index contributed by atoms with van der Waals surface area (Å²) in [7, 11) is 0. The first kappa shape index (κ1) is 13.1. The third-order valence-electron chi connectivity index (χ3n) is 1.42. The molecule has 0 saturated carbocycles. The fraction of sp³-hybridized carbons (Fsp3) is 0.100. The number of benzene rings is 1. The zero-order valence-electron chi connectivity index (χ0n) is 7.87. The lowest BCUT2D eigenvalue weighted by Crippen LogP contribution is -2.60. The van der Waals surface area contributed by atoms with Gasteiger partial charge < -0.3 is 11.5 Å². The van der Waals surface area contributed by atoms with Crippen molar-refractivity contribution in [3.63, 3.8) is 0 Å². The van der Waals surface area contributed by atoms with E-state index in [1.54, 1.807) is 0 Å². The maximum absolute atomic E-state index is 5.66. The largest absolute Gasteiger partial charge is 0.345 e. The van der Waals surface area contributed by atoms with E-state index in [4.69, 9.17) is 17.3 Å². The van der Waals surface area contributed by atoms with E-state index >= 15 is 0 Å². The summed E-state index contributed by atoms with van der Waals surface area (Å²) < 4.78 is 0. The Hall–Kier alpha value is -0.900. The van der Waals surface area contributed by atoms with Crippen LogP contribution < -0.4 is 11.5 Å². The molecular weight excluding hydrogens is 216 g/mol. The Kier molecular flexibility index (Phi) is 7.02. The highest BCUT2D eigenvalue weighted by Gasteiger charge is 1.93. The van der Waals surface area contributed by atoms with Crippen molar-refractivity contribution in [1.82, 2.24) is 0 Å². The average molecular weight is 230 g/mol. The SMILES string of the molecule is C=Cc1ccccc1CCl.NC([NH3+])=S. The number of alkyl halides is 1. The van der Waals surface area contributed by atoms with Gasteiger partial charge in [0.15, 0.2) is 0 Å². The molecule has 14 heavy (non-hydrogen) atoms. The Morgan fingerprint density at radius 2 is 2.07 bits per heavy atom. The standard InChI is InChI=1S/C9H9Cl.CH4N2S/c1-2-8-5-3-4-6-9(8)7-10;2-1(3)4/h2-6H,1,7H2;(H4,2,3,4)/p+1. The molecule has 0 spiro atoms. The Balaban J connectivity index is 0.000000364. The second kappa shape index (κ2) is 7.50. The molecule has 0 aliphatic rings. The predicted molar refractivity (Wildman–Crippen MR) is 65.8 cm³/mol. The van der Waals surface area contributed by atoms with E-state index < -0.39 is 0 Å². The van der Waals surface area contributed by atoms with Crippen LogP contribution in [0, 0.1) is 0 Å². The second-order valence-corrected chi connectivity index (χ2v) is 3.29. The van der Waals surface area contributed by atoms with Gasteiger partial charge in [0.25, 0.3) is 5.11 Å². The Labute approximate surface area is 94.5 Å². The van der Waals surface area contributed by atoms with E-state index in [1.807, 2.05) is 30.3 Å². The van der Waals surface area contributed by atoms with Gasteiger partial charge in [0.1, 0.15) is 0 Å². The molecule has 1 aromatic carbocycles. The molecule has 4 heteroatoms. The predicted octanol–water partition coefficient (Wildman–Crippen LogP) is 1.54. The fourth-order valence-electron chi connectivity index (χ4n) is 0.855.